The third-order valence-electron chi connectivity index (χ3n) is 9.64. The predicted octanol–water partition coefficient (Wildman–Crippen LogP) is 3.60. The van der Waals surface area contributed by atoms with Crippen molar-refractivity contribution in [2.75, 3.05) is 68.1 Å². The molecule has 49 heavy (non-hydrogen) atoms. The molecule has 0 bridgehead atoms. The van der Waals surface area contributed by atoms with E-state index < -0.39 is 34.8 Å². The first kappa shape index (κ1) is 35.8. The number of ketones is 2. The molecule has 2 aliphatic heterocycles. The maximum atomic E-state index is 14.4. The number of fused-ring (bicyclic) bond motifs is 1. The molecule has 2 aromatic rings. The maximum Gasteiger partial charge on any atom is 0.236 e. The van der Waals surface area contributed by atoms with Gasteiger partial charge < -0.3 is 39.0 Å². The molecule has 0 saturated carbocycles. The van der Waals surface area contributed by atoms with Crippen LogP contribution in [0.5, 0.6) is 28.7 Å². The lowest BCUT2D eigenvalue weighted by molar-refractivity contribution is -0.131. The van der Waals surface area contributed by atoms with E-state index in [1.165, 1.54) is 44.4 Å². The van der Waals surface area contributed by atoms with Gasteiger partial charge in [0.05, 0.1) is 27.9 Å². The van der Waals surface area contributed by atoms with Crippen molar-refractivity contribution in [2.24, 2.45) is 5.92 Å². The second-order valence-electron chi connectivity index (χ2n) is 12.7. The summed E-state index contributed by atoms with van der Waals surface area (Å²) in [6, 6.07) is 5.87. The minimum absolute atomic E-state index is 0.000497. The molecule has 0 aromatic heterocycles. The van der Waals surface area contributed by atoms with Gasteiger partial charge in [-0.25, -0.2) is 0 Å². The summed E-state index contributed by atoms with van der Waals surface area (Å²) in [4.78, 5) is 59.9. The van der Waals surface area contributed by atoms with Crippen molar-refractivity contribution in [1.82, 2.24) is 14.7 Å². The van der Waals surface area contributed by atoms with E-state index in [1.54, 1.807) is 32.0 Å². The Morgan fingerprint density at radius 1 is 1.02 bits per heavy atom. The van der Waals surface area contributed by atoms with Crippen LogP contribution in [0.25, 0.3) is 0 Å². The molecule has 2 heterocycles. The molecule has 1 spiro atoms. The van der Waals surface area contributed by atoms with Gasteiger partial charge in [0.15, 0.2) is 28.8 Å². The van der Waals surface area contributed by atoms with Crippen molar-refractivity contribution in [2.45, 2.75) is 37.7 Å². The number of halogens is 1. The summed E-state index contributed by atoms with van der Waals surface area (Å²) in [6.45, 7) is 3.74. The number of ether oxygens (including phenoxy) is 4. The molecule has 1 saturated heterocycles. The molecule has 1 unspecified atom stereocenters. The Morgan fingerprint density at radius 3 is 2.37 bits per heavy atom. The number of amides is 2. The van der Waals surface area contributed by atoms with Crippen LogP contribution in [0.3, 0.4) is 0 Å². The zero-order valence-corrected chi connectivity index (χ0v) is 29.3. The van der Waals surface area contributed by atoms with Crippen molar-refractivity contribution in [3.05, 3.63) is 51.7 Å². The van der Waals surface area contributed by atoms with Crippen LogP contribution in [-0.2, 0) is 14.4 Å². The van der Waals surface area contributed by atoms with Crippen LogP contribution in [-0.4, -0.2) is 122 Å². The van der Waals surface area contributed by atoms with E-state index >= 15 is 0 Å². The maximum absolute atomic E-state index is 14.4. The monoisotopic (exact) mass is 699 g/mol. The number of allylic oxidation sites excluding steroid dienone is 1. The number of carbonyl (C=O) groups excluding carboxylic acids is 4. The highest BCUT2D eigenvalue weighted by molar-refractivity contribution is 6.35. The van der Waals surface area contributed by atoms with Gasteiger partial charge in [0.25, 0.3) is 0 Å². The lowest BCUT2D eigenvalue weighted by Gasteiger charge is -2.39. The first-order chi connectivity index (χ1) is 23.3. The minimum atomic E-state index is -2.04. The highest BCUT2D eigenvalue weighted by atomic mass is 35.5. The summed E-state index contributed by atoms with van der Waals surface area (Å²) in [5.41, 5.74) is -1.80. The third-order valence-corrected chi connectivity index (χ3v) is 10.0. The highest BCUT2D eigenvalue weighted by Gasteiger charge is 2.61. The molecule has 5 rings (SSSR count). The van der Waals surface area contributed by atoms with Crippen molar-refractivity contribution in [1.29, 1.82) is 0 Å². The average Bonchev–Trinajstić information content (AvgIpc) is 3.20. The largest absolute Gasteiger partial charge is 0.507 e. The van der Waals surface area contributed by atoms with Crippen LogP contribution < -0.4 is 18.9 Å². The van der Waals surface area contributed by atoms with Crippen molar-refractivity contribution >= 4 is 35.0 Å². The summed E-state index contributed by atoms with van der Waals surface area (Å²) in [7, 11) is 7.53. The molecule has 1 fully saturated rings. The number of Topliss-reactive ketones (excluding diaryl/α,β-unsaturated/α-hetero) is 2. The first-order valence-electron chi connectivity index (χ1n) is 16.0. The quantitative estimate of drug-likeness (QED) is 0.395. The van der Waals surface area contributed by atoms with Gasteiger partial charge in [-0.15, -0.1) is 0 Å². The topological polar surface area (TPSA) is 155 Å². The zero-order valence-electron chi connectivity index (χ0n) is 28.5. The van der Waals surface area contributed by atoms with E-state index in [0.717, 1.165) is 0 Å². The van der Waals surface area contributed by atoms with Gasteiger partial charge in [0.1, 0.15) is 22.1 Å². The van der Waals surface area contributed by atoms with Crippen LogP contribution in [0, 0.1) is 5.92 Å². The number of rotatable bonds is 9. The molecule has 2 amide bonds. The predicted molar refractivity (Wildman–Crippen MR) is 179 cm³/mol. The number of likely N-dealkylation sites (N-methyl/N-ethyl adjacent to an activating group) is 1. The van der Waals surface area contributed by atoms with Crippen molar-refractivity contribution in [3.63, 3.8) is 0 Å². The van der Waals surface area contributed by atoms with Gasteiger partial charge in [-0.1, -0.05) is 24.6 Å². The summed E-state index contributed by atoms with van der Waals surface area (Å²) in [6.07, 6.45) is 0.193. The van der Waals surface area contributed by atoms with Crippen molar-refractivity contribution < 1.29 is 48.3 Å². The molecule has 2 N–H and O–H groups in total. The normalized spacial score (nSPS) is 21.6. The molecule has 14 heteroatoms. The summed E-state index contributed by atoms with van der Waals surface area (Å²) in [5, 5.41) is 22.5. The number of carbonyl (C=O) groups is 4. The lowest BCUT2D eigenvalue weighted by Crippen LogP contribution is -2.53. The molecule has 2 aromatic carbocycles. The average molecular weight is 700 g/mol. The molecule has 264 valence electrons. The summed E-state index contributed by atoms with van der Waals surface area (Å²) >= 11 is 6.61. The third kappa shape index (κ3) is 6.37. The molecular weight excluding hydrogens is 658 g/mol. The fraction of sp³-hybridized carbons (Fsp3) is 0.486. The summed E-state index contributed by atoms with van der Waals surface area (Å²) in [5.74, 6) is -3.75. The van der Waals surface area contributed by atoms with Gasteiger partial charge in [0, 0.05) is 76.6 Å². The minimum Gasteiger partial charge on any atom is -0.507 e. The SMILES string of the molecule is COc1cc(C(CC(=O)N2CCCN(CC(=O)N(C)C)CC2)C2=C(O)[C@@]3(Oc4c(Cl)c(OC)cc(OC)c4C3=O)[C@H](C)CC2=O)ccc1O. The van der Waals surface area contributed by atoms with E-state index in [-0.39, 0.29) is 76.1 Å². The highest BCUT2D eigenvalue weighted by Crippen LogP contribution is 2.56. The fourth-order valence-corrected chi connectivity index (χ4v) is 7.12. The molecule has 0 radical (unpaired) electrons. The number of phenols is 1. The Kier molecular flexibility index (Phi) is 10.3. The smallest absolute Gasteiger partial charge is 0.236 e. The van der Waals surface area contributed by atoms with Crippen LogP contribution in [0.15, 0.2) is 35.6 Å². The van der Waals surface area contributed by atoms with Gasteiger partial charge in [-0.2, -0.15) is 0 Å². The number of phenolic OH excluding ortho intramolecular Hbond substituents is 1. The fourth-order valence-electron chi connectivity index (χ4n) is 6.85. The Morgan fingerprint density at radius 2 is 1.71 bits per heavy atom. The number of nitrogens with zero attached hydrogens (tertiary/aromatic N) is 3. The second-order valence-corrected chi connectivity index (χ2v) is 13.1. The number of hydrogen-bond acceptors (Lipinski definition) is 11. The molecular formula is C35H42ClN3O10. The summed E-state index contributed by atoms with van der Waals surface area (Å²) < 4.78 is 22.5. The van der Waals surface area contributed by atoms with Gasteiger partial charge in [-0.3, -0.25) is 24.1 Å². The van der Waals surface area contributed by atoms with Gasteiger partial charge in [0.2, 0.25) is 23.2 Å². The van der Waals surface area contributed by atoms with Crippen LogP contribution >= 0.6 is 11.6 Å². The zero-order chi connectivity index (χ0) is 35.8. The number of methoxy groups -OCH3 is 3. The van der Waals surface area contributed by atoms with E-state index in [2.05, 4.69) is 0 Å². The van der Waals surface area contributed by atoms with Gasteiger partial charge in [-0.05, 0) is 24.1 Å². The lowest BCUT2D eigenvalue weighted by atomic mass is 9.69. The van der Waals surface area contributed by atoms with E-state index in [1.807, 2.05) is 4.90 Å². The molecule has 3 atom stereocenters. The van der Waals surface area contributed by atoms with E-state index in [4.69, 9.17) is 30.5 Å². The van der Waals surface area contributed by atoms with Crippen LogP contribution in [0.4, 0.5) is 0 Å². The number of aromatic hydroxyl groups is 1. The van der Waals surface area contributed by atoms with E-state index in [9.17, 15) is 29.4 Å². The van der Waals surface area contributed by atoms with Gasteiger partial charge >= 0.3 is 0 Å². The van der Waals surface area contributed by atoms with E-state index in [0.29, 0.717) is 38.2 Å². The Bertz CT molecular complexity index is 1710. The second kappa shape index (κ2) is 14.2. The number of aliphatic hydroxyl groups excluding tert-OH is 1. The molecule has 13 nitrogen and oxygen atoms in total. The number of aliphatic hydroxyl groups is 1. The Hall–Kier alpha value is -4.49. The first-order valence-corrected chi connectivity index (χ1v) is 16.4. The standard InChI is InChI=1S/C35H42ClN3O10/c1-19-14-23(41)29(33(44)35(19)34(45)30-25(47-5)17-26(48-6)31(36)32(30)49-35)21(20-8-9-22(40)24(15-20)46-4)16-27(42)39-11-7-10-38(12-13-39)18-28(43)37(2)3/h8-9,15,17,19,21,40,44H,7,10-14,16,18H2,1-6H3/t19-,21?,35+/m1/s1. The van der Waals surface area contributed by atoms with Crippen LogP contribution in [0.1, 0.15) is 48.0 Å². The molecule has 3 aliphatic rings. The number of hydrogen-bond donors (Lipinski definition) is 2. The number of benzene rings is 2. The Labute approximate surface area is 289 Å². The Balaban J connectivity index is 1.57. The van der Waals surface area contributed by atoms with Crippen molar-refractivity contribution in [3.8, 4) is 28.7 Å². The molecule has 1 aliphatic carbocycles. The van der Waals surface area contributed by atoms with Crippen LogP contribution in [0.2, 0.25) is 5.02 Å².